The number of fused-ring (bicyclic) bond motifs is 2. The maximum atomic E-state index is 12.9. The first-order valence-corrected chi connectivity index (χ1v) is 8.05. The summed E-state index contributed by atoms with van der Waals surface area (Å²) in [6.07, 6.45) is 1.02. The molecule has 1 aliphatic heterocycles. The maximum absolute atomic E-state index is 12.9. The van der Waals surface area contributed by atoms with Crippen LogP contribution in [0.5, 0.6) is 0 Å². The first-order valence-electron chi connectivity index (χ1n) is 8.05. The van der Waals surface area contributed by atoms with E-state index in [4.69, 9.17) is 0 Å². The van der Waals surface area contributed by atoms with Crippen LogP contribution in [0.4, 0.5) is 0 Å². The van der Waals surface area contributed by atoms with Crippen molar-refractivity contribution >= 4 is 11.5 Å². The molecular formula is C19H18N2O3. The van der Waals surface area contributed by atoms with E-state index in [-0.39, 0.29) is 22.3 Å². The summed E-state index contributed by atoms with van der Waals surface area (Å²) < 4.78 is 2.84. The van der Waals surface area contributed by atoms with Gasteiger partial charge in [-0.1, -0.05) is 44.2 Å². The van der Waals surface area contributed by atoms with Gasteiger partial charge in [-0.25, -0.2) is 9.36 Å². The number of benzene rings is 1. The average Bonchev–Trinajstić information content (AvgIpc) is 2.87. The van der Waals surface area contributed by atoms with Crippen molar-refractivity contribution in [2.45, 2.75) is 32.7 Å². The van der Waals surface area contributed by atoms with Gasteiger partial charge in [0.25, 0.3) is 11.1 Å². The monoisotopic (exact) mass is 322 g/mol. The molecule has 0 N–H and O–H groups in total. The molecule has 1 aliphatic carbocycles. The minimum atomic E-state index is -0.522. The molecule has 1 unspecified atom stereocenters. The second-order valence-electron chi connectivity index (χ2n) is 7.28. The Bertz CT molecular complexity index is 993. The number of hydrogen-bond acceptors (Lipinski definition) is 3. The van der Waals surface area contributed by atoms with E-state index in [1.165, 1.54) is 21.5 Å². The Balaban J connectivity index is 2.07. The van der Waals surface area contributed by atoms with Crippen LogP contribution in [0.15, 0.2) is 57.6 Å². The predicted molar refractivity (Wildman–Crippen MR) is 90.8 cm³/mol. The standard InChI is InChI=1S/C19H18N2O3/c1-19(2)10-13-17(14(22)11-19)18(12-6-4-3-5-7-12)21-16(24)9-8-15(23)20(13)21/h3-9,18H,10-11H2,1-2H3. The van der Waals surface area contributed by atoms with Crippen LogP contribution in [0.25, 0.3) is 5.70 Å². The van der Waals surface area contributed by atoms with Crippen molar-refractivity contribution < 1.29 is 4.79 Å². The molecule has 0 radical (unpaired) electrons. The number of hydrogen-bond donors (Lipinski definition) is 0. The molecule has 1 aromatic carbocycles. The molecule has 0 saturated heterocycles. The van der Waals surface area contributed by atoms with E-state index in [2.05, 4.69) is 0 Å². The van der Waals surface area contributed by atoms with Gasteiger partial charge in [0, 0.05) is 24.1 Å². The number of carbonyl (C=O) groups is 1. The average molecular weight is 322 g/mol. The SMILES string of the molecule is CC1(C)CC(=O)C2=C(C1)n1c(=O)ccc(=O)n1C2c1ccccc1. The third-order valence-electron chi connectivity index (χ3n) is 4.80. The van der Waals surface area contributed by atoms with Crippen molar-refractivity contribution in [1.82, 2.24) is 9.36 Å². The predicted octanol–water partition coefficient (Wildman–Crippen LogP) is 2.21. The topological polar surface area (TPSA) is 61.1 Å². The lowest BCUT2D eigenvalue weighted by Crippen LogP contribution is -2.36. The lowest BCUT2D eigenvalue weighted by molar-refractivity contribution is -0.118. The van der Waals surface area contributed by atoms with Gasteiger partial charge in [0.15, 0.2) is 5.78 Å². The first kappa shape index (κ1) is 14.9. The Morgan fingerprint density at radius 3 is 2.29 bits per heavy atom. The zero-order chi connectivity index (χ0) is 17.1. The van der Waals surface area contributed by atoms with Crippen molar-refractivity contribution in [3.63, 3.8) is 0 Å². The molecule has 24 heavy (non-hydrogen) atoms. The van der Waals surface area contributed by atoms with Crippen LogP contribution in [0, 0.1) is 5.41 Å². The molecule has 0 spiro atoms. The quantitative estimate of drug-likeness (QED) is 0.809. The van der Waals surface area contributed by atoms with Crippen molar-refractivity contribution in [1.29, 1.82) is 0 Å². The van der Waals surface area contributed by atoms with Gasteiger partial charge in [0.05, 0.1) is 5.70 Å². The number of aromatic nitrogens is 2. The molecular weight excluding hydrogens is 304 g/mol. The van der Waals surface area contributed by atoms with Crippen LogP contribution in [-0.2, 0) is 4.79 Å². The normalized spacial score (nSPS) is 21.6. The van der Waals surface area contributed by atoms with Gasteiger partial charge in [-0.2, -0.15) is 0 Å². The van der Waals surface area contributed by atoms with Crippen LogP contribution in [0.1, 0.15) is 38.3 Å². The van der Waals surface area contributed by atoms with Crippen molar-refractivity contribution in [3.05, 3.63) is 74.3 Å². The molecule has 4 rings (SSSR count). The lowest BCUT2D eigenvalue weighted by atomic mass is 9.74. The number of ketones is 1. The second-order valence-corrected chi connectivity index (χ2v) is 7.28. The summed E-state index contributed by atoms with van der Waals surface area (Å²) in [6, 6.07) is 11.5. The summed E-state index contributed by atoms with van der Waals surface area (Å²) in [7, 11) is 0. The number of nitrogens with zero attached hydrogens (tertiary/aromatic N) is 2. The van der Waals surface area contributed by atoms with Gasteiger partial charge in [0.2, 0.25) is 0 Å². The van der Waals surface area contributed by atoms with Crippen LogP contribution >= 0.6 is 0 Å². The maximum Gasteiger partial charge on any atom is 0.269 e. The number of carbonyl (C=O) groups excluding carboxylic acids is 1. The number of Topliss-reactive ketones (excluding diaryl/α,β-unsaturated/α-hetero) is 1. The summed E-state index contributed by atoms with van der Waals surface area (Å²) in [4.78, 5) is 37.9. The van der Waals surface area contributed by atoms with Crippen molar-refractivity contribution in [2.75, 3.05) is 0 Å². The van der Waals surface area contributed by atoms with E-state index in [0.717, 1.165) is 5.56 Å². The largest absolute Gasteiger partial charge is 0.294 e. The molecule has 1 aromatic heterocycles. The molecule has 2 aromatic rings. The Kier molecular flexibility index (Phi) is 3.04. The highest BCUT2D eigenvalue weighted by atomic mass is 16.2. The molecule has 5 nitrogen and oxygen atoms in total. The first-order chi connectivity index (χ1) is 11.4. The van der Waals surface area contributed by atoms with E-state index < -0.39 is 6.04 Å². The van der Waals surface area contributed by atoms with Crippen molar-refractivity contribution in [3.8, 4) is 0 Å². The van der Waals surface area contributed by atoms with Crippen LogP contribution in [0.2, 0.25) is 0 Å². The molecule has 0 fully saturated rings. The zero-order valence-corrected chi connectivity index (χ0v) is 13.7. The summed E-state index contributed by atoms with van der Waals surface area (Å²) >= 11 is 0. The fourth-order valence-corrected chi connectivity index (χ4v) is 3.87. The summed E-state index contributed by atoms with van der Waals surface area (Å²) in [5.74, 6) is 0.0186. The highest BCUT2D eigenvalue weighted by Crippen LogP contribution is 2.46. The highest BCUT2D eigenvalue weighted by Gasteiger charge is 2.43. The summed E-state index contributed by atoms with van der Waals surface area (Å²) in [5.41, 5.74) is 1.34. The minimum Gasteiger partial charge on any atom is -0.294 e. The number of allylic oxidation sites excluding steroid dienone is 2. The van der Waals surface area contributed by atoms with E-state index in [1.807, 2.05) is 44.2 Å². The Morgan fingerprint density at radius 2 is 1.58 bits per heavy atom. The summed E-state index contributed by atoms with van der Waals surface area (Å²) in [5, 5.41) is 0. The third-order valence-corrected chi connectivity index (χ3v) is 4.80. The molecule has 0 amide bonds. The molecule has 5 heteroatoms. The van der Waals surface area contributed by atoms with Crippen LogP contribution < -0.4 is 11.1 Å². The molecule has 0 bridgehead atoms. The minimum absolute atomic E-state index is 0.0186. The van der Waals surface area contributed by atoms with E-state index in [1.54, 1.807) is 0 Å². The third kappa shape index (κ3) is 2.04. The van der Waals surface area contributed by atoms with Crippen molar-refractivity contribution in [2.24, 2.45) is 5.41 Å². The Morgan fingerprint density at radius 1 is 0.917 bits per heavy atom. The van der Waals surface area contributed by atoms with Gasteiger partial charge < -0.3 is 0 Å². The molecule has 2 aliphatic rings. The van der Waals surface area contributed by atoms with E-state index in [9.17, 15) is 14.4 Å². The van der Waals surface area contributed by atoms with Gasteiger partial charge in [0.1, 0.15) is 6.04 Å². The van der Waals surface area contributed by atoms with Crippen LogP contribution in [0.3, 0.4) is 0 Å². The Labute approximate surface area is 138 Å². The van der Waals surface area contributed by atoms with E-state index >= 15 is 0 Å². The zero-order valence-electron chi connectivity index (χ0n) is 13.7. The van der Waals surface area contributed by atoms with E-state index in [0.29, 0.717) is 24.1 Å². The highest BCUT2D eigenvalue weighted by molar-refractivity contribution is 6.04. The fraction of sp³-hybridized carbons (Fsp3) is 0.316. The lowest BCUT2D eigenvalue weighted by Gasteiger charge is -2.30. The second kappa shape index (κ2) is 4.90. The molecule has 0 saturated carbocycles. The molecule has 1 atom stereocenters. The van der Waals surface area contributed by atoms with Gasteiger partial charge in [-0.3, -0.25) is 14.4 Å². The van der Waals surface area contributed by atoms with Gasteiger partial charge >= 0.3 is 0 Å². The molecule has 122 valence electrons. The Hall–Kier alpha value is -2.69. The van der Waals surface area contributed by atoms with Gasteiger partial charge in [-0.15, -0.1) is 0 Å². The summed E-state index contributed by atoms with van der Waals surface area (Å²) in [6.45, 7) is 4.03. The molecule has 2 heterocycles. The number of rotatable bonds is 1. The fourth-order valence-electron chi connectivity index (χ4n) is 3.87. The van der Waals surface area contributed by atoms with Gasteiger partial charge in [-0.05, 0) is 17.4 Å². The smallest absolute Gasteiger partial charge is 0.269 e. The van der Waals surface area contributed by atoms with Crippen LogP contribution in [-0.4, -0.2) is 15.1 Å².